The number of hydrogen-bond donors (Lipinski definition) is 0. The zero-order chi connectivity index (χ0) is 14.1. The van der Waals surface area contributed by atoms with Crippen molar-refractivity contribution in [2.24, 2.45) is 0 Å². The van der Waals surface area contributed by atoms with E-state index in [2.05, 4.69) is 39.0 Å². The lowest BCUT2D eigenvalue weighted by atomic mass is 10.1. The summed E-state index contributed by atoms with van der Waals surface area (Å²) in [5, 5.41) is 2.89. The Kier molecular flexibility index (Phi) is 3.00. The van der Waals surface area contributed by atoms with Crippen LogP contribution in [0.1, 0.15) is 57.7 Å². The summed E-state index contributed by atoms with van der Waals surface area (Å²) in [5.41, 5.74) is 4.06. The maximum atomic E-state index is 13.8. The predicted molar refractivity (Wildman–Crippen MR) is 89.8 cm³/mol. The number of hydrogen-bond acceptors (Lipinski definition) is 1. The van der Waals surface area contributed by atoms with Gasteiger partial charge in [0.25, 0.3) is 0 Å². The van der Waals surface area contributed by atoms with Crippen LogP contribution in [0.5, 0.6) is 0 Å². The normalized spacial score (nSPS) is 41.0. The van der Waals surface area contributed by atoms with Crippen LogP contribution in [0.3, 0.4) is 0 Å². The number of benzene rings is 1. The van der Waals surface area contributed by atoms with Gasteiger partial charge in [-0.2, -0.15) is 0 Å². The summed E-state index contributed by atoms with van der Waals surface area (Å²) >= 11 is 0. The molecule has 4 rings (SSSR count). The van der Waals surface area contributed by atoms with Crippen LogP contribution in [-0.4, -0.2) is 17.0 Å². The average molecular weight is 306 g/mol. The highest BCUT2D eigenvalue weighted by Crippen LogP contribution is 2.72. The van der Waals surface area contributed by atoms with E-state index < -0.39 is 7.14 Å². The summed E-state index contributed by atoms with van der Waals surface area (Å²) in [4.78, 5) is 0. The van der Waals surface area contributed by atoms with E-state index in [-0.39, 0.29) is 7.92 Å². The highest BCUT2D eigenvalue weighted by Gasteiger charge is 2.51. The van der Waals surface area contributed by atoms with Crippen LogP contribution in [0.4, 0.5) is 0 Å². The number of rotatable bonds is 1. The van der Waals surface area contributed by atoms with E-state index in [0.29, 0.717) is 11.3 Å². The van der Waals surface area contributed by atoms with E-state index >= 15 is 0 Å². The van der Waals surface area contributed by atoms with Crippen molar-refractivity contribution in [3.05, 3.63) is 23.8 Å². The maximum Gasteiger partial charge on any atom is 0.121 e. The second-order valence-corrected chi connectivity index (χ2v) is 13.5. The Hall–Kier alpha value is -0.120. The molecule has 20 heavy (non-hydrogen) atoms. The SMILES string of the molecule is C[C@@H]1CC[C@H]2c3cccc(P4(=O)[C@H](C)CC[C@H]4C)c3P12. The van der Waals surface area contributed by atoms with Gasteiger partial charge in [-0.05, 0) is 42.2 Å². The van der Waals surface area contributed by atoms with Crippen molar-refractivity contribution in [2.75, 3.05) is 0 Å². The van der Waals surface area contributed by atoms with E-state index in [1.165, 1.54) is 18.1 Å². The Morgan fingerprint density at radius 1 is 1.05 bits per heavy atom. The molecule has 0 bridgehead atoms. The predicted octanol–water partition coefficient (Wildman–Crippen LogP) is 4.59. The molecule has 0 N–H and O–H groups in total. The lowest BCUT2D eigenvalue weighted by molar-refractivity contribution is 0.575. The van der Waals surface area contributed by atoms with Crippen molar-refractivity contribution in [3.63, 3.8) is 0 Å². The summed E-state index contributed by atoms with van der Waals surface area (Å²) in [6, 6.07) is 6.72. The minimum Gasteiger partial charge on any atom is -0.318 e. The standard InChI is InChI=1S/C17H24OP2/c1-11-7-10-15-14-5-4-6-16(17(14)19(11)15)20(18)12(2)8-9-13(20)3/h4-6,11-13,15H,7-10H2,1-3H3/t11-,12-,13-,15+,19?/m1/s1. The van der Waals surface area contributed by atoms with Gasteiger partial charge in [0.2, 0.25) is 0 Å². The maximum absolute atomic E-state index is 13.8. The monoisotopic (exact) mass is 306 g/mol. The summed E-state index contributed by atoms with van der Waals surface area (Å²) in [7, 11) is -2.18. The zero-order valence-electron chi connectivity index (χ0n) is 12.7. The van der Waals surface area contributed by atoms with E-state index in [1.54, 1.807) is 10.9 Å². The number of fused-ring (bicyclic) bond motifs is 4. The second-order valence-electron chi connectivity index (χ2n) is 7.05. The summed E-state index contributed by atoms with van der Waals surface area (Å²) < 4.78 is 13.8. The summed E-state index contributed by atoms with van der Waals surface area (Å²) in [5.74, 6) is 0. The average Bonchev–Trinajstić information content (AvgIpc) is 2.87. The molecule has 3 heterocycles. The topological polar surface area (TPSA) is 17.1 Å². The van der Waals surface area contributed by atoms with Gasteiger partial charge in [-0.1, -0.05) is 46.9 Å². The lowest BCUT2D eigenvalue weighted by Gasteiger charge is -2.41. The molecule has 2 saturated heterocycles. The van der Waals surface area contributed by atoms with Crippen LogP contribution < -0.4 is 10.6 Å². The van der Waals surface area contributed by atoms with Crippen molar-refractivity contribution < 1.29 is 4.57 Å². The fourth-order valence-electron chi connectivity index (χ4n) is 4.76. The Morgan fingerprint density at radius 3 is 2.45 bits per heavy atom. The molecule has 3 aliphatic heterocycles. The van der Waals surface area contributed by atoms with Gasteiger partial charge in [0.1, 0.15) is 7.14 Å². The molecule has 3 heteroatoms. The highest BCUT2D eigenvalue weighted by atomic mass is 31.2. The smallest absolute Gasteiger partial charge is 0.121 e. The van der Waals surface area contributed by atoms with E-state index in [9.17, 15) is 4.57 Å². The van der Waals surface area contributed by atoms with Crippen LogP contribution in [0.25, 0.3) is 0 Å². The molecule has 0 amide bonds. The van der Waals surface area contributed by atoms with Crippen molar-refractivity contribution in [1.29, 1.82) is 0 Å². The first kappa shape index (κ1) is 13.5. The molecule has 0 radical (unpaired) electrons. The third-order valence-corrected chi connectivity index (χ3v) is 13.9. The van der Waals surface area contributed by atoms with Crippen molar-refractivity contribution in [1.82, 2.24) is 0 Å². The fraction of sp³-hybridized carbons (Fsp3) is 0.647. The van der Waals surface area contributed by atoms with Gasteiger partial charge >= 0.3 is 0 Å². The molecule has 5 atom stereocenters. The van der Waals surface area contributed by atoms with Crippen LogP contribution >= 0.6 is 15.1 Å². The quantitative estimate of drug-likeness (QED) is 0.694. The van der Waals surface area contributed by atoms with Crippen molar-refractivity contribution in [2.45, 2.75) is 69.1 Å². The Labute approximate surface area is 123 Å². The van der Waals surface area contributed by atoms with Crippen LogP contribution in [0, 0.1) is 0 Å². The van der Waals surface area contributed by atoms with E-state index in [1.807, 2.05) is 0 Å². The molecule has 0 aromatic heterocycles. The minimum absolute atomic E-state index is 0.00180. The van der Waals surface area contributed by atoms with E-state index in [4.69, 9.17) is 0 Å². The van der Waals surface area contributed by atoms with Crippen LogP contribution in [-0.2, 0) is 4.57 Å². The molecule has 108 valence electrons. The Balaban J connectivity index is 1.88. The first-order valence-corrected chi connectivity index (χ1v) is 11.4. The highest BCUT2D eigenvalue weighted by molar-refractivity contribution is 7.77. The molecule has 3 aliphatic rings. The van der Waals surface area contributed by atoms with Crippen molar-refractivity contribution in [3.8, 4) is 0 Å². The molecule has 0 aliphatic carbocycles. The Morgan fingerprint density at radius 2 is 1.75 bits per heavy atom. The van der Waals surface area contributed by atoms with Gasteiger partial charge in [-0.3, -0.25) is 0 Å². The largest absolute Gasteiger partial charge is 0.318 e. The summed E-state index contributed by atoms with van der Waals surface area (Å²) in [6.45, 7) is 6.87. The van der Waals surface area contributed by atoms with E-state index in [0.717, 1.165) is 24.2 Å². The van der Waals surface area contributed by atoms with Gasteiger partial charge in [-0.15, -0.1) is 0 Å². The third kappa shape index (κ3) is 1.52. The molecule has 1 aromatic rings. The molecular weight excluding hydrogens is 282 g/mol. The first-order valence-electron chi connectivity index (χ1n) is 8.06. The molecule has 1 unspecified atom stereocenters. The molecule has 0 saturated carbocycles. The molecule has 2 fully saturated rings. The van der Waals surface area contributed by atoms with Gasteiger partial charge in [0.15, 0.2) is 0 Å². The van der Waals surface area contributed by atoms with Gasteiger partial charge in [0, 0.05) is 22.3 Å². The zero-order valence-corrected chi connectivity index (χ0v) is 14.5. The van der Waals surface area contributed by atoms with Crippen LogP contribution in [0.15, 0.2) is 18.2 Å². The minimum atomic E-state index is -2.18. The van der Waals surface area contributed by atoms with Gasteiger partial charge in [-0.25, -0.2) is 0 Å². The fourth-order valence-corrected chi connectivity index (χ4v) is 12.6. The molecular formula is C17H24OP2. The van der Waals surface area contributed by atoms with Crippen LogP contribution in [0.2, 0.25) is 0 Å². The Bertz CT molecular complexity index is 595. The van der Waals surface area contributed by atoms with Gasteiger partial charge < -0.3 is 4.57 Å². The molecule has 1 aromatic carbocycles. The summed E-state index contributed by atoms with van der Waals surface area (Å²) in [6.07, 6.45) is 5.05. The van der Waals surface area contributed by atoms with Crippen molar-refractivity contribution >= 4 is 25.7 Å². The molecule has 0 spiro atoms. The second kappa shape index (κ2) is 4.44. The lowest BCUT2D eigenvalue weighted by Crippen LogP contribution is -2.38. The third-order valence-electron chi connectivity index (χ3n) is 6.02. The van der Waals surface area contributed by atoms with Gasteiger partial charge in [0.05, 0.1) is 0 Å². The first-order chi connectivity index (χ1) is 9.55. The molecule has 1 nitrogen and oxygen atoms in total.